The summed E-state index contributed by atoms with van der Waals surface area (Å²) in [5, 5.41) is 16.9. The van der Waals surface area contributed by atoms with E-state index in [4.69, 9.17) is 0 Å². The van der Waals surface area contributed by atoms with E-state index in [1.807, 2.05) is 24.3 Å². The first-order valence-corrected chi connectivity index (χ1v) is 8.60. The number of nitrogens with one attached hydrogen (secondary N) is 1. The maximum absolute atomic E-state index is 12.8. The van der Waals surface area contributed by atoms with Crippen LogP contribution in [0.4, 0.5) is 0 Å². The maximum atomic E-state index is 12.8. The normalized spacial score (nSPS) is 21.2. The van der Waals surface area contributed by atoms with E-state index in [0.717, 1.165) is 31.2 Å². The van der Waals surface area contributed by atoms with Gasteiger partial charge in [-0.25, -0.2) is 9.67 Å². The summed E-state index contributed by atoms with van der Waals surface area (Å²) in [6.07, 6.45) is 8.43. The van der Waals surface area contributed by atoms with E-state index < -0.39 is 0 Å². The Morgan fingerprint density at radius 2 is 2.08 bits per heavy atom. The van der Waals surface area contributed by atoms with Crippen LogP contribution in [-0.4, -0.2) is 38.4 Å². The number of nitrogens with zero attached hydrogens (tertiary/aromatic N) is 3. The minimum absolute atomic E-state index is 0.0458. The SMILES string of the molecule is O=C(NC1CCCCCC1CO)c1ccccc1Cn1cncn1. The molecule has 1 saturated carbocycles. The van der Waals surface area contributed by atoms with E-state index >= 15 is 0 Å². The number of carbonyl (C=O) groups excluding carboxylic acids is 1. The van der Waals surface area contributed by atoms with Gasteiger partial charge in [0, 0.05) is 24.1 Å². The molecule has 3 rings (SSSR count). The van der Waals surface area contributed by atoms with Crippen molar-refractivity contribution in [3.63, 3.8) is 0 Å². The number of carbonyl (C=O) groups is 1. The Kier molecular flexibility index (Phi) is 5.59. The summed E-state index contributed by atoms with van der Waals surface area (Å²) < 4.78 is 1.70. The fraction of sp³-hybridized carbons (Fsp3) is 0.500. The number of benzene rings is 1. The topological polar surface area (TPSA) is 80.0 Å². The van der Waals surface area contributed by atoms with Crippen LogP contribution in [0.2, 0.25) is 0 Å². The van der Waals surface area contributed by atoms with Crippen molar-refractivity contribution in [2.45, 2.75) is 44.7 Å². The molecular weight excluding hydrogens is 304 g/mol. The average Bonchev–Trinajstić information content (AvgIpc) is 3.00. The molecule has 6 nitrogen and oxygen atoms in total. The van der Waals surface area contributed by atoms with Crippen molar-refractivity contribution in [2.75, 3.05) is 6.61 Å². The zero-order valence-electron chi connectivity index (χ0n) is 13.8. The lowest BCUT2D eigenvalue weighted by Gasteiger charge is -2.25. The molecule has 128 valence electrons. The molecule has 2 aromatic rings. The van der Waals surface area contributed by atoms with Gasteiger partial charge in [0.25, 0.3) is 5.91 Å². The van der Waals surface area contributed by atoms with Crippen molar-refractivity contribution >= 4 is 5.91 Å². The maximum Gasteiger partial charge on any atom is 0.251 e. The Labute approximate surface area is 141 Å². The van der Waals surface area contributed by atoms with E-state index in [2.05, 4.69) is 15.4 Å². The molecule has 0 spiro atoms. The van der Waals surface area contributed by atoms with Gasteiger partial charge in [-0.15, -0.1) is 0 Å². The summed E-state index contributed by atoms with van der Waals surface area (Å²) in [5.74, 6) is 0.0787. The van der Waals surface area contributed by atoms with Crippen molar-refractivity contribution in [3.05, 3.63) is 48.0 Å². The first kappa shape index (κ1) is 16.6. The van der Waals surface area contributed by atoms with Crippen molar-refractivity contribution in [3.8, 4) is 0 Å². The first-order chi connectivity index (χ1) is 11.8. The molecule has 0 bridgehead atoms. The lowest BCUT2D eigenvalue weighted by Crippen LogP contribution is -2.41. The zero-order valence-corrected chi connectivity index (χ0v) is 13.8. The second kappa shape index (κ2) is 8.06. The fourth-order valence-corrected chi connectivity index (χ4v) is 3.41. The third-order valence-corrected chi connectivity index (χ3v) is 4.77. The molecule has 1 aromatic carbocycles. The summed E-state index contributed by atoms with van der Waals surface area (Å²) in [7, 11) is 0. The van der Waals surface area contributed by atoms with E-state index in [-0.39, 0.29) is 24.5 Å². The predicted octanol–water partition coefficient (Wildman–Crippen LogP) is 2.00. The molecule has 1 fully saturated rings. The molecule has 2 unspecified atom stereocenters. The molecule has 1 aliphatic carbocycles. The van der Waals surface area contributed by atoms with Crippen LogP contribution in [-0.2, 0) is 6.54 Å². The fourth-order valence-electron chi connectivity index (χ4n) is 3.41. The van der Waals surface area contributed by atoms with Gasteiger partial charge in [0.15, 0.2) is 0 Å². The summed E-state index contributed by atoms with van der Waals surface area (Å²) in [5.41, 5.74) is 1.57. The smallest absolute Gasteiger partial charge is 0.251 e. The molecule has 1 heterocycles. The summed E-state index contributed by atoms with van der Waals surface area (Å²) >= 11 is 0. The Bertz CT molecular complexity index is 657. The summed E-state index contributed by atoms with van der Waals surface area (Å²) in [6.45, 7) is 0.642. The first-order valence-electron chi connectivity index (χ1n) is 8.60. The predicted molar refractivity (Wildman–Crippen MR) is 90.5 cm³/mol. The van der Waals surface area contributed by atoms with Gasteiger partial charge in [-0.1, -0.05) is 37.5 Å². The minimum Gasteiger partial charge on any atom is -0.396 e. The highest BCUT2D eigenvalue weighted by atomic mass is 16.3. The van der Waals surface area contributed by atoms with Gasteiger partial charge in [0.2, 0.25) is 0 Å². The standard InChI is InChI=1S/C18H24N4O2/c23-11-15-7-2-1-3-9-17(15)21-18(24)16-8-5-4-6-14(16)10-22-13-19-12-20-22/h4-6,8,12-13,15,17,23H,1-3,7,9-11H2,(H,21,24). The quantitative estimate of drug-likeness (QED) is 0.823. The van der Waals surface area contributed by atoms with Crippen molar-refractivity contribution < 1.29 is 9.90 Å². The molecule has 0 saturated heterocycles. The Balaban J connectivity index is 1.74. The lowest BCUT2D eigenvalue weighted by atomic mass is 9.95. The van der Waals surface area contributed by atoms with Crippen LogP contribution in [0.5, 0.6) is 0 Å². The van der Waals surface area contributed by atoms with Crippen LogP contribution in [0.1, 0.15) is 48.0 Å². The molecule has 1 amide bonds. The van der Waals surface area contributed by atoms with E-state index in [1.54, 1.807) is 11.0 Å². The second-order valence-electron chi connectivity index (χ2n) is 6.41. The average molecular weight is 328 g/mol. The molecule has 2 N–H and O–H groups in total. The highest BCUT2D eigenvalue weighted by molar-refractivity contribution is 5.95. The van der Waals surface area contributed by atoms with Crippen molar-refractivity contribution in [1.29, 1.82) is 0 Å². The monoisotopic (exact) mass is 328 g/mol. The van der Waals surface area contributed by atoms with Crippen molar-refractivity contribution in [1.82, 2.24) is 20.1 Å². The number of aliphatic hydroxyl groups is 1. The molecular formula is C18H24N4O2. The molecule has 0 radical (unpaired) electrons. The van der Waals surface area contributed by atoms with Gasteiger partial charge >= 0.3 is 0 Å². The summed E-state index contributed by atoms with van der Waals surface area (Å²) in [6, 6.07) is 7.62. The Hall–Kier alpha value is -2.21. The van der Waals surface area contributed by atoms with Crippen LogP contribution in [0.15, 0.2) is 36.9 Å². The molecule has 1 aliphatic rings. The van der Waals surface area contributed by atoms with Gasteiger partial charge in [0.05, 0.1) is 6.54 Å². The summed E-state index contributed by atoms with van der Waals surface area (Å²) in [4.78, 5) is 16.7. The van der Waals surface area contributed by atoms with Crippen LogP contribution in [0, 0.1) is 5.92 Å². The molecule has 24 heavy (non-hydrogen) atoms. The van der Waals surface area contributed by atoms with E-state index in [0.29, 0.717) is 12.1 Å². The van der Waals surface area contributed by atoms with Crippen LogP contribution in [0.3, 0.4) is 0 Å². The zero-order chi connectivity index (χ0) is 16.8. The second-order valence-corrected chi connectivity index (χ2v) is 6.41. The number of aromatic nitrogens is 3. The Morgan fingerprint density at radius 1 is 1.25 bits per heavy atom. The lowest BCUT2D eigenvalue weighted by molar-refractivity contribution is 0.0898. The highest BCUT2D eigenvalue weighted by Crippen LogP contribution is 2.23. The van der Waals surface area contributed by atoms with Crippen LogP contribution >= 0.6 is 0 Å². The van der Waals surface area contributed by atoms with Gasteiger partial charge in [-0.2, -0.15) is 5.10 Å². The van der Waals surface area contributed by atoms with E-state index in [1.165, 1.54) is 12.7 Å². The third-order valence-electron chi connectivity index (χ3n) is 4.77. The van der Waals surface area contributed by atoms with Gasteiger partial charge in [-0.3, -0.25) is 4.79 Å². The highest BCUT2D eigenvalue weighted by Gasteiger charge is 2.25. The molecule has 2 atom stereocenters. The molecule has 0 aliphatic heterocycles. The Morgan fingerprint density at radius 3 is 2.88 bits per heavy atom. The van der Waals surface area contributed by atoms with Gasteiger partial charge in [-0.05, 0) is 24.5 Å². The number of hydrogen-bond acceptors (Lipinski definition) is 4. The van der Waals surface area contributed by atoms with Crippen LogP contribution in [0.25, 0.3) is 0 Å². The van der Waals surface area contributed by atoms with Crippen molar-refractivity contribution in [2.24, 2.45) is 5.92 Å². The number of amides is 1. The number of rotatable bonds is 5. The van der Waals surface area contributed by atoms with Gasteiger partial charge in [0.1, 0.15) is 12.7 Å². The molecule has 6 heteroatoms. The number of hydrogen-bond donors (Lipinski definition) is 2. The van der Waals surface area contributed by atoms with Crippen LogP contribution < -0.4 is 5.32 Å². The largest absolute Gasteiger partial charge is 0.396 e. The van der Waals surface area contributed by atoms with E-state index in [9.17, 15) is 9.90 Å². The molecule has 1 aromatic heterocycles. The number of aliphatic hydroxyl groups excluding tert-OH is 1. The third kappa shape index (κ3) is 4.00. The minimum atomic E-state index is -0.0731. The van der Waals surface area contributed by atoms with Gasteiger partial charge < -0.3 is 10.4 Å².